The molecule has 0 bridgehead atoms. The van der Waals surface area contributed by atoms with Gasteiger partial charge in [-0.2, -0.15) is 0 Å². The number of carbonyl (C=O) groups is 1. The van der Waals surface area contributed by atoms with Crippen LogP contribution in [-0.4, -0.2) is 17.5 Å². The monoisotopic (exact) mass is 285 g/mol. The summed E-state index contributed by atoms with van der Waals surface area (Å²) in [5.74, 6) is 0.494. The van der Waals surface area contributed by atoms with Crippen LogP contribution in [0.4, 0.5) is 0 Å². The fourth-order valence-electron chi connectivity index (χ4n) is 2.38. The van der Waals surface area contributed by atoms with E-state index in [-0.39, 0.29) is 16.9 Å². The average molecular weight is 285 g/mol. The Hall–Kier alpha value is -2.36. The van der Waals surface area contributed by atoms with Crippen LogP contribution >= 0.6 is 0 Å². The molecule has 0 saturated carbocycles. The number of ether oxygens (including phenoxy) is 1. The van der Waals surface area contributed by atoms with Crippen molar-refractivity contribution in [2.45, 2.75) is 26.8 Å². The SMILES string of the molecule is CCCn1c(-c2ccccc2OC)ccc(C(C)=O)c1=O. The third-order valence-corrected chi connectivity index (χ3v) is 3.38. The van der Waals surface area contributed by atoms with E-state index < -0.39 is 0 Å². The quantitative estimate of drug-likeness (QED) is 0.793. The van der Waals surface area contributed by atoms with Crippen molar-refractivity contribution in [3.05, 3.63) is 52.3 Å². The van der Waals surface area contributed by atoms with Crippen LogP contribution in [0, 0.1) is 0 Å². The predicted molar refractivity (Wildman–Crippen MR) is 83.0 cm³/mol. The minimum atomic E-state index is -0.243. The van der Waals surface area contributed by atoms with Crippen LogP contribution in [0.2, 0.25) is 0 Å². The molecular formula is C17H19NO3. The highest BCUT2D eigenvalue weighted by Gasteiger charge is 2.15. The Labute approximate surface area is 124 Å². The maximum absolute atomic E-state index is 12.5. The molecule has 0 amide bonds. The standard InChI is InChI=1S/C17H19NO3/c1-4-11-18-15(10-9-13(12(2)19)17(18)20)14-7-5-6-8-16(14)21-3/h5-10H,4,11H2,1-3H3. The van der Waals surface area contributed by atoms with Crippen molar-refractivity contribution in [3.63, 3.8) is 0 Å². The second kappa shape index (κ2) is 6.39. The zero-order chi connectivity index (χ0) is 15.4. The molecule has 110 valence electrons. The number of pyridine rings is 1. The van der Waals surface area contributed by atoms with E-state index in [1.54, 1.807) is 17.7 Å². The van der Waals surface area contributed by atoms with Gasteiger partial charge in [-0.3, -0.25) is 9.59 Å². The Bertz CT molecular complexity index is 716. The van der Waals surface area contributed by atoms with E-state index in [1.165, 1.54) is 6.92 Å². The van der Waals surface area contributed by atoms with Crippen molar-refractivity contribution in [1.29, 1.82) is 0 Å². The summed E-state index contributed by atoms with van der Waals surface area (Å²) in [6.45, 7) is 3.97. The van der Waals surface area contributed by atoms with E-state index in [9.17, 15) is 9.59 Å². The molecule has 0 unspecified atom stereocenters. The van der Waals surface area contributed by atoms with Crippen LogP contribution < -0.4 is 10.3 Å². The number of methoxy groups -OCH3 is 1. The summed E-state index contributed by atoms with van der Waals surface area (Å²) in [7, 11) is 1.60. The number of carbonyl (C=O) groups excluding carboxylic acids is 1. The zero-order valence-corrected chi connectivity index (χ0v) is 12.6. The number of Topliss-reactive ketones (excluding diaryl/α,β-unsaturated/α-hetero) is 1. The summed E-state index contributed by atoms with van der Waals surface area (Å²) in [6, 6.07) is 11.0. The largest absolute Gasteiger partial charge is 0.496 e. The minimum absolute atomic E-state index is 0.212. The number of para-hydroxylation sites is 1. The van der Waals surface area contributed by atoms with Crippen LogP contribution in [0.3, 0.4) is 0 Å². The lowest BCUT2D eigenvalue weighted by molar-refractivity contribution is 0.101. The Morgan fingerprint density at radius 1 is 1.19 bits per heavy atom. The topological polar surface area (TPSA) is 48.3 Å². The van der Waals surface area contributed by atoms with Crippen LogP contribution in [0.1, 0.15) is 30.6 Å². The van der Waals surface area contributed by atoms with Crippen LogP contribution in [0.25, 0.3) is 11.3 Å². The molecule has 1 heterocycles. The second-order valence-electron chi connectivity index (χ2n) is 4.85. The minimum Gasteiger partial charge on any atom is -0.496 e. The lowest BCUT2D eigenvalue weighted by Gasteiger charge is -2.15. The van der Waals surface area contributed by atoms with Crippen molar-refractivity contribution in [2.75, 3.05) is 7.11 Å². The van der Waals surface area contributed by atoms with E-state index in [1.807, 2.05) is 37.3 Å². The number of nitrogens with zero attached hydrogens (tertiary/aromatic N) is 1. The number of ketones is 1. The molecule has 0 radical (unpaired) electrons. The van der Waals surface area contributed by atoms with Gasteiger partial charge < -0.3 is 9.30 Å². The molecular weight excluding hydrogens is 266 g/mol. The van der Waals surface area contributed by atoms with Crippen molar-refractivity contribution in [3.8, 4) is 17.0 Å². The van der Waals surface area contributed by atoms with Gasteiger partial charge in [0, 0.05) is 12.1 Å². The van der Waals surface area contributed by atoms with Gasteiger partial charge in [0.1, 0.15) is 5.75 Å². The Morgan fingerprint density at radius 3 is 2.52 bits per heavy atom. The molecule has 0 aliphatic carbocycles. The summed E-state index contributed by atoms with van der Waals surface area (Å²) in [6.07, 6.45) is 0.809. The molecule has 4 nitrogen and oxygen atoms in total. The van der Waals surface area contributed by atoms with Gasteiger partial charge in [-0.1, -0.05) is 19.1 Å². The highest BCUT2D eigenvalue weighted by atomic mass is 16.5. The Morgan fingerprint density at radius 2 is 1.90 bits per heavy atom. The number of rotatable bonds is 5. The summed E-state index contributed by atoms with van der Waals surface area (Å²) >= 11 is 0. The van der Waals surface area contributed by atoms with Crippen LogP contribution in [-0.2, 0) is 6.54 Å². The van der Waals surface area contributed by atoms with Crippen molar-refractivity contribution in [2.24, 2.45) is 0 Å². The highest BCUT2D eigenvalue weighted by molar-refractivity contribution is 5.94. The average Bonchev–Trinajstić information content (AvgIpc) is 2.49. The number of aromatic nitrogens is 1. The summed E-state index contributed by atoms with van der Waals surface area (Å²) < 4.78 is 7.02. The molecule has 1 aromatic carbocycles. The lowest BCUT2D eigenvalue weighted by Crippen LogP contribution is -2.26. The number of benzene rings is 1. The van der Waals surface area contributed by atoms with Gasteiger partial charge in [-0.25, -0.2) is 0 Å². The molecule has 2 aromatic rings. The highest BCUT2D eigenvalue weighted by Crippen LogP contribution is 2.29. The number of hydrogen-bond acceptors (Lipinski definition) is 3. The van der Waals surface area contributed by atoms with Crippen molar-refractivity contribution >= 4 is 5.78 Å². The maximum atomic E-state index is 12.5. The molecule has 0 N–H and O–H groups in total. The van der Waals surface area contributed by atoms with Gasteiger partial charge >= 0.3 is 0 Å². The van der Waals surface area contributed by atoms with Gasteiger partial charge in [0.25, 0.3) is 5.56 Å². The molecule has 0 aliphatic rings. The predicted octanol–water partition coefficient (Wildman–Crippen LogP) is 3.14. The summed E-state index contributed by atoms with van der Waals surface area (Å²) in [4.78, 5) is 24.1. The van der Waals surface area contributed by atoms with Gasteiger partial charge in [0.15, 0.2) is 5.78 Å². The summed E-state index contributed by atoms with van der Waals surface area (Å²) in [5, 5.41) is 0. The van der Waals surface area contributed by atoms with E-state index in [0.29, 0.717) is 12.3 Å². The van der Waals surface area contributed by atoms with E-state index in [4.69, 9.17) is 4.74 Å². The first kappa shape index (κ1) is 15.0. The third-order valence-electron chi connectivity index (χ3n) is 3.38. The van der Waals surface area contributed by atoms with Gasteiger partial charge in [-0.15, -0.1) is 0 Å². The maximum Gasteiger partial charge on any atom is 0.261 e. The molecule has 0 saturated heterocycles. The van der Waals surface area contributed by atoms with Gasteiger partial charge in [0.05, 0.1) is 18.4 Å². The van der Waals surface area contributed by atoms with Crippen LogP contribution in [0.15, 0.2) is 41.2 Å². The molecule has 1 aromatic heterocycles. The van der Waals surface area contributed by atoms with Crippen LogP contribution in [0.5, 0.6) is 5.75 Å². The van der Waals surface area contributed by atoms with Crippen molar-refractivity contribution in [1.82, 2.24) is 4.57 Å². The fraction of sp³-hybridized carbons (Fsp3) is 0.294. The Balaban J connectivity index is 2.72. The summed E-state index contributed by atoms with van der Waals surface area (Å²) in [5.41, 5.74) is 1.60. The first-order chi connectivity index (χ1) is 10.1. The smallest absolute Gasteiger partial charge is 0.261 e. The lowest BCUT2D eigenvalue weighted by atomic mass is 10.1. The first-order valence-electron chi connectivity index (χ1n) is 6.98. The van der Waals surface area contributed by atoms with Gasteiger partial charge in [0.2, 0.25) is 0 Å². The third kappa shape index (κ3) is 2.89. The molecule has 0 aliphatic heterocycles. The second-order valence-corrected chi connectivity index (χ2v) is 4.85. The zero-order valence-electron chi connectivity index (χ0n) is 12.6. The molecule has 2 rings (SSSR count). The van der Waals surface area contributed by atoms with Gasteiger partial charge in [-0.05, 0) is 37.6 Å². The van der Waals surface area contributed by atoms with E-state index >= 15 is 0 Å². The first-order valence-corrected chi connectivity index (χ1v) is 6.98. The fourth-order valence-corrected chi connectivity index (χ4v) is 2.38. The molecule has 0 fully saturated rings. The molecule has 21 heavy (non-hydrogen) atoms. The number of hydrogen-bond donors (Lipinski definition) is 0. The molecule has 0 atom stereocenters. The molecule has 4 heteroatoms. The van der Waals surface area contributed by atoms with E-state index in [0.717, 1.165) is 17.7 Å². The Kier molecular flexibility index (Phi) is 4.58. The van der Waals surface area contributed by atoms with E-state index in [2.05, 4.69) is 0 Å². The normalized spacial score (nSPS) is 10.4. The molecule has 0 spiro atoms. The van der Waals surface area contributed by atoms with Crippen molar-refractivity contribution < 1.29 is 9.53 Å².